The third kappa shape index (κ3) is 5.89. The first-order chi connectivity index (χ1) is 15.7. The van der Waals surface area contributed by atoms with Crippen molar-refractivity contribution >= 4 is 34.7 Å². The molecular weight excluding hydrogens is 400 g/mol. The minimum atomic E-state index is -0.214. The third-order valence-electron chi connectivity index (χ3n) is 5.37. The summed E-state index contributed by atoms with van der Waals surface area (Å²) < 4.78 is 5.41. The van der Waals surface area contributed by atoms with Crippen LogP contribution in [0.3, 0.4) is 0 Å². The first-order valence-electron chi connectivity index (χ1n) is 10.8. The lowest BCUT2D eigenvalue weighted by molar-refractivity contribution is -0.111. The second-order valence-electron chi connectivity index (χ2n) is 7.65. The highest BCUT2D eigenvalue weighted by atomic mass is 16.5. The Hall–Kier alpha value is -3.77. The summed E-state index contributed by atoms with van der Waals surface area (Å²) >= 11 is 0. The molecule has 3 aromatic carbocycles. The van der Waals surface area contributed by atoms with Crippen molar-refractivity contribution < 1.29 is 9.53 Å². The van der Waals surface area contributed by atoms with E-state index < -0.39 is 0 Å². The molecule has 6 nitrogen and oxygen atoms in total. The number of carbonyl (C=O) groups excluding carboxylic acids is 1. The summed E-state index contributed by atoms with van der Waals surface area (Å²) in [5.74, 6) is -0.214. The Labute approximate surface area is 188 Å². The summed E-state index contributed by atoms with van der Waals surface area (Å²) in [6.07, 6.45) is 3.30. The van der Waals surface area contributed by atoms with Crippen LogP contribution in [0.25, 0.3) is 6.08 Å². The van der Waals surface area contributed by atoms with Gasteiger partial charge in [-0.25, -0.2) is 0 Å². The molecular formula is C26H28N4O2. The van der Waals surface area contributed by atoms with Gasteiger partial charge in [-0.2, -0.15) is 0 Å². The molecule has 4 rings (SSSR count). The molecule has 1 amide bonds. The fourth-order valence-electron chi connectivity index (χ4n) is 3.52. The smallest absolute Gasteiger partial charge is 0.248 e. The number of hydrogen-bond donors (Lipinski definition) is 3. The Kier molecular flexibility index (Phi) is 7.05. The van der Waals surface area contributed by atoms with Gasteiger partial charge >= 0.3 is 0 Å². The minimum absolute atomic E-state index is 0.214. The average molecular weight is 429 g/mol. The van der Waals surface area contributed by atoms with Crippen molar-refractivity contribution in [2.24, 2.45) is 0 Å². The van der Waals surface area contributed by atoms with Crippen molar-refractivity contribution in [3.63, 3.8) is 0 Å². The summed E-state index contributed by atoms with van der Waals surface area (Å²) in [5, 5.41) is 6.24. The number of carbonyl (C=O) groups is 1. The van der Waals surface area contributed by atoms with Gasteiger partial charge in [-0.3, -0.25) is 4.79 Å². The minimum Gasteiger partial charge on any atom is -0.397 e. The van der Waals surface area contributed by atoms with Gasteiger partial charge in [-0.15, -0.1) is 0 Å². The Morgan fingerprint density at radius 1 is 0.969 bits per heavy atom. The number of nitrogen functional groups attached to an aromatic ring is 1. The van der Waals surface area contributed by atoms with E-state index in [4.69, 9.17) is 10.5 Å². The van der Waals surface area contributed by atoms with Crippen LogP contribution in [0.1, 0.15) is 11.1 Å². The van der Waals surface area contributed by atoms with Crippen LogP contribution in [-0.2, 0) is 16.1 Å². The number of anilines is 4. The molecule has 0 saturated carbocycles. The Bertz CT molecular complexity index is 1060. The highest BCUT2D eigenvalue weighted by Crippen LogP contribution is 2.20. The number of hydrogen-bond acceptors (Lipinski definition) is 5. The zero-order valence-corrected chi connectivity index (χ0v) is 18.0. The van der Waals surface area contributed by atoms with Crippen LogP contribution in [-0.4, -0.2) is 32.2 Å². The predicted octanol–water partition coefficient (Wildman–Crippen LogP) is 4.37. The first kappa shape index (κ1) is 21.5. The Morgan fingerprint density at radius 2 is 1.69 bits per heavy atom. The maximum Gasteiger partial charge on any atom is 0.248 e. The number of morpholine rings is 1. The summed E-state index contributed by atoms with van der Waals surface area (Å²) in [6.45, 7) is 4.19. The molecule has 164 valence electrons. The molecule has 32 heavy (non-hydrogen) atoms. The molecule has 4 N–H and O–H groups in total. The number of rotatable bonds is 7. The zero-order valence-electron chi connectivity index (χ0n) is 18.0. The van der Waals surface area contributed by atoms with E-state index in [0.29, 0.717) is 11.4 Å². The molecule has 0 atom stereocenters. The van der Waals surface area contributed by atoms with E-state index in [1.165, 1.54) is 17.3 Å². The van der Waals surface area contributed by atoms with Gasteiger partial charge in [0, 0.05) is 37.1 Å². The highest BCUT2D eigenvalue weighted by molar-refractivity contribution is 6.03. The standard InChI is InChI=1S/C26H28N4O2/c27-24-3-1-2-4-25(24)29-26(31)14-9-20-5-7-21(8-6-20)19-28-22-10-12-23(13-11-22)30-15-17-32-18-16-30/h1-14,28H,15-19,27H2,(H,29,31)/b14-9-. The molecule has 1 heterocycles. The van der Waals surface area contributed by atoms with Crippen LogP contribution in [0, 0.1) is 0 Å². The second kappa shape index (κ2) is 10.5. The maximum atomic E-state index is 12.1. The van der Waals surface area contributed by atoms with Crippen LogP contribution in [0.2, 0.25) is 0 Å². The number of ether oxygens (including phenoxy) is 1. The largest absolute Gasteiger partial charge is 0.397 e. The molecule has 0 radical (unpaired) electrons. The van der Waals surface area contributed by atoms with E-state index in [1.54, 1.807) is 18.2 Å². The van der Waals surface area contributed by atoms with E-state index in [1.807, 2.05) is 24.3 Å². The van der Waals surface area contributed by atoms with Crippen molar-refractivity contribution in [3.05, 3.63) is 90.0 Å². The van der Waals surface area contributed by atoms with Crippen LogP contribution >= 0.6 is 0 Å². The van der Waals surface area contributed by atoms with Gasteiger partial charge in [0.05, 0.1) is 24.6 Å². The lowest BCUT2D eigenvalue weighted by Crippen LogP contribution is -2.36. The third-order valence-corrected chi connectivity index (χ3v) is 5.37. The Morgan fingerprint density at radius 3 is 2.41 bits per heavy atom. The lowest BCUT2D eigenvalue weighted by atomic mass is 10.1. The number of amides is 1. The monoisotopic (exact) mass is 428 g/mol. The number of nitrogens with zero attached hydrogens (tertiary/aromatic N) is 1. The predicted molar refractivity (Wildman–Crippen MR) is 132 cm³/mol. The van der Waals surface area contributed by atoms with Crippen molar-refractivity contribution in [2.45, 2.75) is 6.54 Å². The van der Waals surface area contributed by atoms with Crippen molar-refractivity contribution in [1.29, 1.82) is 0 Å². The Balaban J connectivity index is 1.27. The van der Waals surface area contributed by atoms with Crippen LogP contribution in [0.15, 0.2) is 78.9 Å². The first-order valence-corrected chi connectivity index (χ1v) is 10.8. The van der Waals surface area contributed by atoms with Crippen LogP contribution in [0.4, 0.5) is 22.7 Å². The summed E-state index contributed by atoms with van der Waals surface area (Å²) in [5.41, 5.74) is 11.5. The molecule has 0 bridgehead atoms. The summed E-state index contributed by atoms with van der Waals surface area (Å²) in [4.78, 5) is 14.5. The number of nitrogens with two attached hydrogens (primary N) is 1. The van der Waals surface area contributed by atoms with E-state index in [9.17, 15) is 4.79 Å². The van der Waals surface area contributed by atoms with Crippen molar-refractivity contribution in [1.82, 2.24) is 0 Å². The SMILES string of the molecule is Nc1ccccc1NC(=O)/C=C\c1ccc(CNc2ccc(N3CCOCC3)cc2)cc1. The number of para-hydroxylation sites is 2. The molecule has 0 aliphatic carbocycles. The van der Waals surface area contributed by atoms with Gasteiger partial charge in [0.25, 0.3) is 0 Å². The zero-order chi connectivity index (χ0) is 22.2. The number of benzene rings is 3. The lowest BCUT2D eigenvalue weighted by Gasteiger charge is -2.28. The molecule has 0 unspecified atom stereocenters. The van der Waals surface area contributed by atoms with E-state index >= 15 is 0 Å². The van der Waals surface area contributed by atoms with Gasteiger partial charge < -0.3 is 26.0 Å². The summed E-state index contributed by atoms with van der Waals surface area (Å²) in [6, 6.07) is 23.8. The molecule has 1 aliphatic heterocycles. The van der Waals surface area contributed by atoms with Gasteiger partial charge in [0.1, 0.15) is 0 Å². The molecule has 1 aliphatic rings. The van der Waals surface area contributed by atoms with E-state index in [0.717, 1.165) is 44.1 Å². The van der Waals surface area contributed by atoms with Crippen LogP contribution < -0.4 is 21.3 Å². The molecule has 1 fully saturated rings. The normalized spacial score (nSPS) is 13.8. The molecule has 1 saturated heterocycles. The molecule has 0 spiro atoms. The fourth-order valence-corrected chi connectivity index (χ4v) is 3.52. The number of nitrogens with one attached hydrogen (secondary N) is 2. The maximum absolute atomic E-state index is 12.1. The van der Waals surface area contributed by atoms with E-state index in [2.05, 4.69) is 51.9 Å². The van der Waals surface area contributed by atoms with Crippen LogP contribution in [0.5, 0.6) is 0 Å². The topological polar surface area (TPSA) is 79.6 Å². The molecule has 0 aromatic heterocycles. The quantitative estimate of drug-likeness (QED) is 0.385. The molecule has 3 aromatic rings. The van der Waals surface area contributed by atoms with Gasteiger partial charge in [0.2, 0.25) is 5.91 Å². The molecule has 6 heteroatoms. The summed E-state index contributed by atoms with van der Waals surface area (Å²) in [7, 11) is 0. The second-order valence-corrected chi connectivity index (χ2v) is 7.65. The van der Waals surface area contributed by atoms with Crippen molar-refractivity contribution in [3.8, 4) is 0 Å². The van der Waals surface area contributed by atoms with E-state index in [-0.39, 0.29) is 5.91 Å². The van der Waals surface area contributed by atoms with Crippen molar-refractivity contribution in [2.75, 3.05) is 47.6 Å². The van der Waals surface area contributed by atoms with Gasteiger partial charge in [-0.1, -0.05) is 36.4 Å². The highest BCUT2D eigenvalue weighted by Gasteiger charge is 2.10. The fraction of sp³-hybridized carbons (Fsp3) is 0.192. The van der Waals surface area contributed by atoms with Gasteiger partial charge in [-0.05, 0) is 53.6 Å². The van der Waals surface area contributed by atoms with Gasteiger partial charge in [0.15, 0.2) is 0 Å². The average Bonchev–Trinajstić information content (AvgIpc) is 2.84.